The highest BCUT2D eigenvalue weighted by Crippen LogP contribution is 2.23. The van der Waals surface area contributed by atoms with Crippen molar-refractivity contribution in [3.05, 3.63) is 71.3 Å². The summed E-state index contributed by atoms with van der Waals surface area (Å²) in [5.74, 6) is 0.149. The third kappa shape index (κ3) is 4.04. The van der Waals surface area contributed by atoms with E-state index in [1.807, 2.05) is 47.4 Å². The van der Waals surface area contributed by atoms with E-state index < -0.39 is 0 Å². The molecule has 0 unspecified atom stereocenters. The summed E-state index contributed by atoms with van der Waals surface area (Å²) in [6.45, 7) is 2.84. The lowest BCUT2D eigenvalue weighted by molar-refractivity contribution is 0.278. The van der Waals surface area contributed by atoms with Crippen LogP contribution in [-0.2, 0) is 19.6 Å². The van der Waals surface area contributed by atoms with Crippen LogP contribution in [0.15, 0.2) is 48.9 Å². The number of rotatable bonds is 7. The average molecular weight is 338 g/mol. The van der Waals surface area contributed by atoms with E-state index in [-0.39, 0.29) is 12.4 Å². The molecule has 3 rings (SSSR count). The molecule has 0 saturated carbocycles. The number of benzene rings is 1. The average Bonchev–Trinajstić information content (AvgIpc) is 3.12. The fraction of sp³-hybridized carbons (Fsp3) is 0.263. The fourth-order valence-corrected chi connectivity index (χ4v) is 2.68. The number of aliphatic hydroxyl groups is 1. The number of aliphatic hydroxyl groups excluding tert-OH is 1. The summed E-state index contributed by atoms with van der Waals surface area (Å²) in [6, 6.07) is 9.98. The van der Waals surface area contributed by atoms with Gasteiger partial charge in [0, 0.05) is 30.1 Å². The Hall–Kier alpha value is -2.70. The second kappa shape index (κ2) is 7.92. The Morgan fingerprint density at radius 3 is 2.72 bits per heavy atom. The van der Waals surface area contributed by atoms with Crippen LogP contribution in [0, 0.1) is 6.92 Å². The Labute approximate surface area is 146 Å². The van der Waals surface area contributed by atoms with Crippen molar-refractivity contribution in [2.24, 2.45) is 0 Å². The quantitative estimate of drug-likeness (QED) is 0.575. The largest absolute Gasteiger partial charge is 0.506 e. The zero-order valence-electron chi connectivity index (χ0n) is 14.2. The molecule has 3 aromatic rings. The van der Waals surface area contributed by atoms with Gasteiger partial charge in [-0.1, -0.05) is 18.2 Å². The van der Waals surface area contributed by atoms with Gasteiger partial charge >= 0.3 is 0 Å². The second-order valence-corrected chi connectivity index (χ2v) is 5.91. The summed E-state index contributed by atoms with van der Waals surface area (Å²) >= 11 is 0. The first-order chi connectivity index (χ1) is 12.2. The Bertz CT molecular complexity index is 831. The molecule has 130 valence electrons. The number of nitrogens with zero attached hydrogens (tertiary/aromatic N) is 3. The lowest BCUT2D eigenvalue weighted by atomic mass is 10.1. The molecular formula is C19H22N4O2. The van der Waals surface area contributed by atoms with Crippen molar-refractivity contribution in [1.29, 1.82) is 0 Å². The van der Waals surface area contributed by atoms with Crippen molar-refractivity contribution in [1.82, 2.24) is 20.1 Å². The molecule has 0 fully saturated rings. The van der Waals surface area contributed by atoms with Crippen LogP contribution in [0.2, 0.25) is 0 Å². The number of hydrogen-bond acceptors (Lipinski definition) is 5. The van der Waals surface area contributed by atoms with Gasteiger partial charge in [-0.05, 0) is 37.6 Å². The molecule has 0 radical (unpaired) electrons. The van der Waals surface area contributed by atoms with E-state index in [2.05, 4.69) is 15.4 Å². The molecule has 0 aliphatic carbocycles. The van der Waals surface area contributed by atoms with Crippen molar-refractivity contribution < 1.29 is 10.2 Å². The van der Waals surface area contributed by atoms with Crippen molar-refractivity contribution in [3.8, 4) is 11.4 Å². The van der Waals surface area contributed by atoms with Crippen LogP contribution >= 0.6 is 0 Å². The highest BCUT2D eigenvalue weighted by molar-refractivity contribution is 5.40. The zero-order chi connectivity index (χ0) is 17.6. The van der Waals surface area contributed by atoms with Gasteiger partial charge in [-0.15, -0.1) is 0 Å². The molecule has 6 heteroatoms. The van der Waals surface area contributed by atoms with Gasteiger partial charge in [0.1, 0.15) is 5.75 Å². The van der Waals surface area contributed by atoms with Gasteiger partial charge in [0.05, 0.1) is 24.2 Å². The van der Waals surface area contributed by atoms with Crippen LogP contribution in [0.25, 0.3) is 5.69 Å². The zero-order valence-corrected chi connectivity index (χ0v) is 14.2. The molecule has 0 aliphatic rings. The monoisotopic (exact) mass is 338 g/mol. The number of para-hydroxylation sites is 1. The van der Waals surface area contributed by atoms with E-state index in [4.69, 9.17) is 0 Å². The minimum absolute atomic E-state index is 0.137. The third-order valence-corrected chi connectivity index (χ3v) is 4.15. The molecule has 1 aromatic carbocycles. The van der Waals surface area contributed by atoms with Gasteiger partial charge in [0.15, 0.2) is 0 Å². The Morgan fingerprint density at radius 2 is 1.96 bits per heavy atom. The summed E-state index contributed by atoms with van der Waals surface area (Å²) in [5.41, 5.74) is 4.08. The maximum atomic E-state index is 10.1. The van der Waals surface area contributed by atoms with Crippen LogP contribution in [0.5, 0.6) is 5.75 Å². The fourth-order valence-electron chi connectivity index (χ4n) is 2.68. The highest BCUT2D eigenvalue weighted by Gasteiger charge is 2.10. The number of aromatic nitrogens is 3. The number of aromatic hydroxyl groups is 1. The lowest BCUT2D eigenvalue weighted by Gasteiger charge is -2.12. The van der Waals surface area contributed by atoms with Crippen molar-refractivity contribution in [2.75, 3.05) is 6.54 Å². The van der Waals surface area contributed by atoms with Gasteiger partial charge in [-0.3, -0.25) is 4.98 Å². The first-order valence-electron chi connectivity index (χ1n) is 8.26. The SMILES string of the molecule is Cc1ncc(CO)c(CNCCc2cnn(-c3ccccc3)c2)c1O. The molecule has 0 amide bonds. The minimum Gasteiger partial charge on any atom is -0.506 e. The molecular weight excluding hydrogens is 316 g/mol. The van der Waals surface area contributed by atoms with Crippen LogP contribution in [-0.4, -0.2) is 31.5 Å². The summed E-state index contributed by atoms with van der Waals surface area (Å²) in [7, 11) is 0. The second-order valence-electron chi connectivity index (χ2n) is 5.91. The standard InChI is InChI=1S/C19H22N4O2/c1-14-19(25)18(16(13-24)10-21-14)11-20-8-7-15-9-22-23(12-15)17-5-3-2-4-6-17/h2-6,9-10,12,20,24-25H,7-8,11,13H2,1H3. The van der Waals surface area contributed by atoms with Gasteiger partial charge in [-0.25, -0.2) is 4.68 Å². The van der Waals surface area contributed by atoms with Crippen LogP contribution < -0.4 is 5.32 Å². The lowest BCUT2D eigenvalue weighted by Crippen LogP contribution is -2.18. The van der Waals surface area contributed by atoms with E-state index in [0.29, 0.717) is 23.4 Å². The Kier molecular flexibility index (Phi) is 5.42. The third-order valence-electron chi connectivity index (χ3n) is 4.15. The summed E-state index contributed by atoms with van der Waals surface area (Å²) in [6.07, 6.45) is 6.31. The number of aryl methyl sites for hydroxylation is 1. The summed E-state index contributed by atoms with van der Waals surface area (Å²) < 4.78 is 1.86. The smallest absolute Gasteiger partial charge is 0.141 e. The number of pyridine rings is 1. The molecule has 0 aliphatic heterocycles. The number of nitrogens with one attached hydrogen (secondary N) is 1. The molecule has 25 heavy (non-hydrogen) atoms. The highest BCUT2D eigenvalue weighted by atomic mass is 16.3. The Balaban J connectivity index is 1.56. The molecule has 0 atom stereocenters. The minimum atomic E-state index is -0.137. The van der Waals surface area contributed by atoms with Crippen LogP contribution in [0.3, 0.4) is 0 Å². The molecule has 2 heterocycles. The maximum Gasteiger partial charge on any atom is 0.141 e. The van der Waals surface area contributed by atoms with Crippen molar-refractivity contribution >= 4 is 0 Å². The predicted molar refractivity (Wildman–Crippen MR) is 95.5 cm³/mol. The molecule has 2 aromatic heterocycles. The van der Waals surface area contributed by atoms with E-state index in [9.17, 15) is 10.2 Å². The molecule has 3 N–H and O–H groups in total. The normalized spacial score (nSPS) is 11.0. The van der Waals surface area contributed by atoms with E-state index in [0.717, 1.165) is 24.2 Å². The van der Waals surface area contributed by atoms with Gasteiger partial charge in [0.2, 0.25) is 0 Å². The van der Waals surface area contributed by atoms with Crippen molar-refractivity contribution in [3.63, 3.8) is 0 Å². The molecule has 6 nitrogen and oxygen atoms in total. The first kappa shape index (κ1) is 17.1. The molecule has 0 saturated heterocycles. The molecule has 0 spiro atoms. The molecule has 0 bridgehead atoms. The predicted octanol–water partition coefficient (Wildman–Crippen LogP) is 2.11. The maximum absolute atomic E-state index is 10.1. The van der Waals surface area contributed by atoms with E-state index >= 15 is 0 Å². The van der Waals surface area contributed by atoms with Gasteiger partial charge < -0.3 is 15.5 Å². The first-order valence-corrected chi connectivity index (χ1v) is 8.26. The van der Waals surface area contributed by atoms with Gasteiger partial charge in [0.25, 0.3) is 0 Å². The van der Waals surface area contributed by atoms with Crippen molar-refractivity contribution in [2.45, 2.75) is 26.5 Å². The van der Waals surface area contributed by atoms with Crippen LogP contribution in [0.1, 0.15) is 22.4 Å². The summed E-state index contributed by atoms with van der Waals surface area (Å²) in [5, 5.41) is 27.2. The van der Waals surface area contributed by atoms with Crippen LogP contribution in [0.4, 0.5) is 0 Å². The van der Waals surface area contributed by atoms with E-state index in [1.165, 1.54) is 0 Å². The Morgan fingerprint density at radius 1 is 1.16 bits per heavy atom. The topological polar surface area (TPSA) is 83.2 Å². The number of hydrogen-bond donors (Lipinski definition) is 3. The van der Waals surface area contributed by atoms with E-state index in [1.54, 1.807) is 13.1 Å². The summed E-state index contributed by atoms with van der Waals surface area (Å²) in [4.78, 5) is 4.07. The van der Waals surface area contributed by atoms with Gasteiger partial charge in [-0.2, -0.15) is 5.10 Å².